The quantitative estimate of drug-likeness (QED) is 0.786. The van der Waals surface area contributed by atoms with E-state index in [9.17, 15) is 13.2 Å². The van der Waals surface area contributed by atoms with Gasteiger partial charge in [0.2, 0.25) is 15.9 Å². The fourth-order valence-electron chi connectivity index (χ4n) is 2.45. The minimum Gasteiger partial charge on any atom is -0.341 e. The first-order valence-corrected chi connectivity index (χ1v) is 9.72. The summed E-state index contributed by atoms with van der Waals surface area (Å²) in [5.74, 6) is -0.0644. The molecule has 0 unspecified atom stereocenters. The molecule has 134 valence electrons. The molecule has 0 atom stereocenters. The largest absolute Gasteiger partial charge is 0.341 e. The Hall–Kier alpha value is -2.18. The zero-order chi connectivity index (χ0) is 18.3. The molecule has 1 N–H and O–H groups in total. The normalized spacial score (nSPS) is 11.3. The fraction of sp³-hybridized carbons (Fsp3) is 0.316. The summed E-state index contributed by atoms with van der Waals surface area (Å²) >= 11 is 0. The molecule has 2 rings (SSSR count). The summed E-state index contributed by atoms with van der Waals surface area (Å²) in [6.07, 6.45) is 0.741. The van der Waals surface area contributed by atoms with Gasteiger partial charge in [0, 0.05) is 26.6 Å². The second kappa shape index (κ2) is 8.78. The predicted molar refractivity (Wildman–Crippen MR) is 98.8 cm³/mol. The van der Waals surface area contributed by atoms with E-state index in [0.717, 1.165) is 17.5 Å². The highest BCUT2D eigenvalue weighted by Crippen LogP contribution is 2.09. The number of nitrogens with one attached hydrogen (secondary N) is 1. The Morgan fingerprint density at radius 3 is 2.24 bits per heavy atom. The maximum absolute atomic E-state index is 12.3. The van der Waals surface area contributed by atoms with Crippen molar-refractivity contribution in [1.29, 1.82) is 0 Å². The molecular weight excluding hydrogens is 336 g/mol. The summed E-state index contributed by atoms with van der Waals surface area (Å²) in [4.78, 5) is 13.7. The van der Waals surface area contributed by atoms with E-state index in [-0.39, 0.29) is 17.3 Å². The van der Waals surface area contributed by atoms with E-state index in [0.29, 0.717) is 13.1 Å². The summed E-state index contributed by atoms with van der Waals surface area (Å²) in [5.41, 5.74) is 2.15. The number of aryl methyl sites for hydroxylation is 1. The molecule has 1 amide bonds. The molecule has 0 bridgehead atoms. The highest BCUT2D eigenvalue weighted by Gasteiger charge is 2.15. The molecule has 0 heterocycles. The van der Waals surface area contributed by atoms with Crippen molar-refractivity contribution in [2.45, 2.75) is 25.2 Å². The second-order valence-electron chi connectivity index (χ2n) is 5.95. The van der Waals surface area contributed by atoms with Gasteiger partial charge in [-0.25, -0.2) is 13.1 Å². The van der Waals surface area contributed by atoms with Crippen molar-refractivity contribution in [3.05, 3.63) is 65.7 Å². The first-order chi connectivity index (χ1) is 11.9. The zero-order valence-electron chi connectivity index (χ0n) is 14.6. The highest BCUT2D eigenvalue weighted by atomic mass is 32.2. The Bertz CT molecular complexity index is 787. The van der Waals surface area contributed by atoms with E-state index in [1.807, 2.05) is 37.3 Å². The maximum Gasteiger partial charge on any atom is 0.240 e. The lowest BCUT2D eigenvalue weighted by atomic mass is 10.1. The van der Waals surface area contributed by atoms with Gasteiger partial charge in [-0.05, 0) is 31.0 Å². The molecule has 0 aliphatic rings. The van der Waals surface area contributed by atoms with Gasteiger partial charge in [0.15, 0.2) is 0 Å². The van der Waals surface area contributed by atoms with Crippen molar-refractivity contribution in [3.8, 4) is 0 Å². The molecule has 0 aromatic heterocycles. The maximum atomic E-state index is 12.3. The van der Waals surface area contributed by atoms with E-state index in [2.05, 4.69) is 4.72 Å². The monoisotopic (exact) mass is 360 g/mol. The third kappa shape index (κ3) is 5.99. The van der Waals surface area contributed by atoms with Gasteiger partial charge in [-0.3, -0.25) is 4.79 Å². The predicted octanol–water partition coefficient (Wildman–Crippen LogP) is 2.36. The molecule has 2 aromatic rings. The van der Waals surface area contributed by atoms with Crippen LogP contribution in [0.1, 0.15) is 18.1 Å². The van der Waals surface area contributed by atoms with Crippen LogP contribution in [0.4, 0.5) is 0 Å². The molecule has 0 fully saturated rings. The minimum absolute atomic E-state index is 0.0644. The summed E-state index contributed by atoms with van der Waals surface area (Å²) in [7, 11) is -3.55. The van der Waals surface area contributed by atoms with Crippen LogP contribution in [0.3, 0.4) is 0 Å². The van der Waals surface area contributed by atoms with Gasteiger partial charge in [-0.2, -0.15) is 0 Å². The van der Waals surface area contributed by atoms with E-state index < -0.39 is 10.0 Å². The summed E-state index contributed by atoms with van der Waals surface area (Å²) in [5, 5.41) is 0. The average molecular weight is 360 g/mol. The van der Waals surface area contributed by atoms with Gasteiger partial charge in [-0.1, -0.05) is 48.0 Å². The zero-order valence-corrected chi connectivity index (χ0v) is 15.4. The summed E-state index contributed by atoms with van der Waals surface area (Å²) < 4.78 is 27.1. The van der Waals surface area contributed by atoms with E-state index >= 15 is 0 Å². The Labute approximate surface area is 149 Å². The van der Waals surface area contributed by atoms with Gasteiger partial charge >= 0.3 is 0 Å². The molecule has 6 heteroatoms. The number of rotatable bonds is 8. The minimum atomic E-state index is -3.55. The number of amides is 1. The Kier molecular flexibility index (Phi) is 6.73. The first kappa shape index (κ1) is 19.1. The molecule has 25 heavy (non-hydrogen) atoms. The van der Waals surface area contributed by atoms with E-state index in [4.69, 9.17) is 0 Å². The number of carbonyl (C=O) groups excluding carboxylic acids is 1. The molecule has 0 aliphatic carbocycles. The van der Waals surface area contributed by atoms with Crippen molar-refractivity contribution < 1.29 is 13.2 Å². The molecule has 5 nitrogen and oxygen atoms in total. The molecule has 0 radical (unpaired) electrons. The Morgan fingerprint density at radius 1 is 1.00 bits per heavy atom. The lowest BCUT2D eigenvalue weighted by Gasteiger charge is -2.21. The molecule has 0 saturated heterocycles. The molecule has 0 spiro atoms. The Balaban J connectivity index is 1.88. The van der Waals surface area contributed by atoms with E-state index in [1.54, 1.807) is 29.2 Å². The molecule has 0 saturated carbocycles. The fourth-order valence-corrected chi connectivity index (χ4v) is 3.47. The van der Waals surface area contributed by atoms with Crippen molar-refractivity contribution in [1.82, 2.24) is 9.62 Å². The topological polar surface area (TPSA) is 66.5 Å². The standard InChI is InChI=1S/C19H24N2O3S/c1-16-8-10-19(11-9-16)25(23,24)20-13-15-21(17(2)22)14-12-18-6-4-3-5-7-18/h3-11,20H,12-15H2,1-2H3. The van der Waals surface area contributed by atoms with Crippen molar-refractivity contribution in [2.24, 2.45) is 0 Å². The van der Waals surface area contributed by atoms with Gasteiger partial charge in [0.05, 0.1) is 4.90 Å². The number of hydrogen-bond acceptors (Lipinski definition) is 3. The third-order valence-electron chi connectivity index (χ3n) is 3.96. The van der Waals surface area contributed by atoms with E-state index in [1.165, 1.54) is 6.92 Å². The van der Waals surface area contributed by atoms with Crippen LogP contribution in [0, 0.1) is 6.92 Å². The summed E-state index contributed by atoms with van der Waals surface area (Å²) in [6.45, 7) is 4.49. The number of sulfonamides is 1. The van der Waals surface area contributed by atoms with Gasteiger partial charge < -0.3 is 4.90 Å². The SMILES string of the molecule is CC(=O)N(CCNS(=O)(=O)c1ccc(C)cc1)CCc1ccccc1. The second-order valence-corrected chi connectivity index (χ2v) is 7.72. The number of carbonyl (C=O) groups is 1. The van der Waals surface area contributed by atoms with Crippen LogP contribution in [-0.4, -0.2) is 38.9 Å². The number of benzene rings is 2. The summed E-state index contributed by atoms with van der Waals surface area (Å²) in [6, 6.07) is 16.6. The van der Waals surface area contributed by atoms with Crippen molar-refractivity contribution in [3.63, 3.8) is 0 Å². The van der Waals surface area contributed by atoms with Crippen molar-refractivity contribution >= 4 is 15.9 Å². The van der Waals surface area contributed by atoms with Crippen molar-refractivity contribution in [2.75, 3.05) is 19.6 Å². The third-order valence-corrected chi connectivity index (χ3v) is 5.44. The Morgan fingerprint density at radius 2 is 1.64 bits per heavy atom. The molecule has 2 aromatic carbocycles. The van der Waals surface area contributed by atoms with Crippen LogP contribution in [0.5, 0.6) is 0 Å². The van der Waals surface area contributed by atoms with Crippen LogP contribution in [0.25, 0.3) is 0 Å². The van der Waals surface area contributed by atoms with Gasteiger partial charge in [0.25, 0.3) is 0 Å². The lowest BCUT2D eigenvalue weighted by Crippen LogP contribution is -2.38. The van der Waals surface area contributed by atoms with Crippen LogP contribution in [0.2, 0.25) is 0 Å². The molecule has 0 aliphatic heterocycles. The highest BCUT2D eigenvalue weighted by molar-refractivity contribution is 7.89. The average Bonchev–Trinajstić information content (AvgIpc) is 2.59. The lowest BCUT2D eigenvalue weighted by molar-refractivity contribution is -0.128. The first-order valence-electron chi connectivity index (χ1n) is 8.24. The number of hydrogen-bond donors (Lipinski definition) is 1. The van der Waals surface area contributed by atoms with Gasteiger partial charge in [-0.15, -0.1) is 0 Å². The molecular formula is C19H24N2O3S. The van der Waals surface area contributed by atoms with Crippen LogP contribution >= 0.6 is 0 Å². The van der Waals surface area contributed by atoms with Crippen LogP contribution < -0.4 is 4.72 Å². The van der Waals surface area contributed by atoms with Gasteiger partial charge in [0.1, 0.15) is 0 Å². The van der Waals surface area contributed by atoms with Crippen LogP contribution in [-0.2, 0) is 21.2 Å². The van der Waals surface area contributed by atoms with Crippen LogP contribution in [0.15, 0.2) is 59.5 Å². The number of nitrogens with zero attached hydrogens (tertiary/aromatic N) is 1. The smallest absolute Gasteiger partial charge is 0.240 e.